The van der Waals surface area contributed by atoms with Gasteiger partial charge in [-0.1, -0.05) is 0 Å². The quantitative estimate of drug-likeness (QED) is 0.681. The van der Waals surface area contributed by atoms with Gasteiger partial charge in [0.05, 0.1) is 0 Å². The number of hydrogen-bond donors (Lipinski definition) is 0. The fourth-order valence-corrected chi connectivity index (χ4v) is 4.26. The van der Waals surface area contributed by atoms with Crippen LogP contribution in [0.5, 0.6) is 0 Å². The van der Waals surface area contributed by atoms with Gasteiger partial charge in [-0.2, -0.15) is 0 Å². The molecule has 0 saturated carbocycles. The summed E-state index contributed by atoms with van der Waals surface area (Å²) >= 11 is -1.23. The Hall–Kier alpha value is -1.37. The molecule has 0 aromatic heterocycles. The van der Waals surface area contributed by atoms with Gasteiger partial charge in [0, 0.05) is 0 Å². The topological polar surface area (TPSA) is 47.9 Å². The second-order valence-electron chi connectivity index (χ2n) is 5.66. The Balaban J connectivity index is 2.35. The Morgan fingerprint density at radius 3 is 2.42 bits per heavy atom. The third-order valence-electron chi connectivity index (χ3n) is 3.77. The molecule has 1 aliphatic heterocycles. The van der Waals surface area contributed by atoms with Crippen LogP contribution >= 0.6 is 0 Å². The molecule has 0 aliphatic carbocycles. The molecule has 0 N–H and O–H groups in total. The standard InChI is InChI=1S/C16H18F3NO3Se/c1-10(2)12-9-23-14(20-12)24-13(21)15(22-3,16(17,18)19)11-7-5-4-6-8-11/h4-8,10,12H,9H2,1-3H3/t12-,15+/m0/s1. The van der Waals surface area contributed by atoms with Gasteiger partial charge in [-0.3, -0.25) is 0 Å². The average Bonchev–Trinajstić information content (AvgIpc) is 2.97. The van der Waals surface area contributed by atoms with Crippen molar-refractivity contribution in [2.45, 2.75) is 31.7 Å². The van der Waals surface area contributed by atoms with Crippen molar-refractivity contribution >= 4 is 24.4 Å². The van der Waals surface area contributed by atoms with Crippen LogP contribution in [0.1, 0.15) is 19.4 Å². The van der Waals surface area contributed by atoms with Gasteiger partial charge in [0.1, 0.15) is 0 Å². The zero-order valence-corrected chi connectivity index (χ0v) is 15.2. The van der Waals surface area contributed by atoms with Crippen LogP contribution in [0.2, 0.25) is 0 Å². The molecule has 4 nitrogen and oxygen atoms in total. The molecule has 0 unspecified atom stereocenters. The number of carbonyl (C=O) groups excluding carboxylic acids is 1. The monoisotopic (exact) mass is 409 g/mol. The normalized spacial score (nSPS) is 20.5. The number of alkyl halides is 3. The summed E-state index contributed by atoms with van der Waals surface area (Å²) in [4.78, 5) is 16.9. The van der Waals surface area contributed by atoms with E-state index in [0.29, 0.717) is 6.61 Å². The van der Waals surface area contributed by atoms with E-state index in [4.69, 9.17) is 9.47 Å². The van der Waals surface area contributed by atoms with Crippen molar-refractivity contribution < 1.29 is 27.4 Å². The zero-order chi connectivity index (χ0) is 18.0. The predicted octanol–water partition coefficient (Wildman–Crippen LogP) is 2.73. The Bertz CT molecular complexity index is 619. The Morgan fingerprint density at radius 2 is 1.96 bits per heavy atom. The van der Waals surface area contributed by atoms with Crippen LogP contribution in [0.3, 0.4) is 0 Å². The summed E-state index contributed by atoms with van der Waals surface area (Å²) in [6, 6.07) is 6.79. The molecule has 1 aliphatic rings. The van der Waals surface area contributed by atoms with E-state index in [9.17, 15) is 18.0 Å². The Labute approximate surface area is 144 Å². The number of methoxy groups -OCH3 is 1. The van der Waals surface area contributed by atoms with Crippen LogP contribution in [0.15, 0.2) is 35.3 Å². The van der Waals surface area contributed by atoms with E-state index in [0.717, 1.165) is 7.11 Å². The molecule has 1 aromatic carbocycles. The fourth-order valence-electron chi connectivity index (χ4n) is 2.30. The van der Waals surface area contributed by atoms with Crippen molar-refractivity contribution in [3.63, 3.8) is 0 Å². The molecule has 0 bridgehead atoms. The molecule has 1 aromatic rings. The number of benzene rings is 1. The van der Waals surface area contributed by atoms with E-state index >= 15 is 0 Å². The summed E-state index contributed by atoms with van der Waals surface area (Å²) in [5.41, 5.74) is -3.25. The van der Waals surface area contributed by atoms with Crippen molar-refractivity contribution in [1.29, 1.82) is 0 Å². The van der Waals surface area contributed by atoms with Crippen LogP contribution in [0.25, 0.3) is 0 Å². The second-order valence-corrected chi connectivity index (χ2v) is 7.59. The summed E-state index contributed by atoms with van der Waals surface area (Å²) in [7, 11) is 0.892. The SMILES string of the molecule is CO[C@@](C(=O)[Se]C1=N[C@H](C(C)C)CO1)(c1ccccc1)C(F)(F)F. The molecular formula is C16H18F3NO3Se. The van der Waals surface area contributed by atoms with Crippen molar-refractivity contribution in [3.8, 4) is 0 Å². The number of aliphatic imine (C=N–C) groups is 1. The van der Waals surface area contributed by atoms with E-state index in [-0.39, 0.29) is 22.3 Å². The van der Waals surface area contributed by atoms with E-state index in [1.165, 1.54) is 24.3 Å². The molecule has 0 radical (unpaired) electrons. The molecule has 2 atom stereocenters. The molecule has 0 amide bonds. The van der Waals surface area contributed by atoms with Crippen molar-refractivity contribution in [2.75, 3.05) is 13.7 Å². The van der Waals surface area contributed by atoms with Crippen LogP contribution < -0.4 is 0 Å². The molecule has 8 heteroatoms. The first kappa shape index (κ1) is 19.0. The molecular weight excluding hydrogens is 390 g/mol. The minimum absolute atomic E-state index is 0.0906. The average molecular weight is 408 g/mol. The molecule has 1 heterocycles. The van der Waals surface area contributed by atoms with Gasteiger partial charge in [0.15, 0.2) is 0 Å². The van der Waals surface area contributed by atoms with Gasteiger partial charge in [-0.15, -0.1) is 0 Å². The fraction of sp³-hybridized carbons (Fsp3) is 0.500. The predicted molar refractivity (Wildman–Crippen MR) is 84.0 cm³/mol. The van der Waals surface area contributed by atoms with E-state index in [1.54, 1.807) is 6.07 Å². The molecule has 24 heavy (non-hydrogen) atoms. The maximum absolute atomic E-state index is 13.8. The van der Waals surface area contributed by atoms with Crippen molar-refractivity contribution in [3.05, 3.63) is 35.9 Å². The summed E-state index contributed by atoms with van der Waals surface area (Å²) in [6.07, 6.45) is -4.89. The number of nitrogens with zero attached hydrogens (tertiary/aromatic N) is 1. The summed E-state index contributed by atoms with van der Waals surface area (Å²) in [6.45, 7) is 4.17. The van der Waals surface area contributed by atoms with Gasteiger partial charge in [-0.25, -0.2) is 0 Å². The molecule has 2 rings (SSSR count). The molecule has 0 fully saturated rings. The van der Waals surface area contributed by atoms with E-state index in [1.807, 2.05) is 13.8 Å². The Morgan fingerprint density at radius 1 is 1.33 bits per heavy atom. The number of ether oxygens (including phenoxy) is 2. The Kier molecular flexibility index (Phi) is 5.73. The van der Waals surface area contributed by atoms with Gasteiger partial charge in [-0.05, 0) is 0 Å². The van der Waals surface area contributed by atoms with Crippen LogP contribution in [-0.4, -0.2) is 50.4 Å². The first-order valence-electron chi connectivity index (χ1n) is 7.32. The molecule has 0 spiro atoms. The van der Waals surface area contributed by atoms with Crippen LogP contribution in [0.4, 0.5) is 13.2 Å². The van der Waals surface area contributed by atoms with Gasteiger partial charge >= 0.3 is 144 Å². The van der Waals surface area contributed by atoms with Crippen LogP contribution in [-0.2, 0) is 19.9 Å². The van der Waals surface area contributed by atoms with Crippen molar-refractivity contribution in [1.82, 2.24) is 0 Å². The number of rotatable bonds is 6. The van der Waals surface area contributed by atoms with E-state index < -0.39 is 31.4 Å². The first-order valence-corrected chi connectivity index (χ1v) is 9.04. The second kappa shape index (κ2) is 7.25. The molecule has 132 valence electrons. The van der Waals surface area contributed by atoms with Gasteiger partial charge in [0.25, 0.3) is 0 Å². The summed E-state index contributed by atoms with van der Waals surface area (Å²) < 4.78 is 50.3. The van der Waals surface area contributed by atoms with Gasteiger partial charge < -0.3 is 0 Å². The first-order chi connectivity index (χ1) is 11.2. The minimum atomic E-state index is -4.89. The number of carbonyl (C=O) groups is 1. The number of halogens is 3. The summed E-state index contributed by atoms with van der Waals surface area (Å²) in [5, 5.41) is 0. The van der Waals surface area contributed by atoms with Gasteiger partial charge in [0.2, 0.25) is 0 Å². The summed E-state index contributed by atoms with van der Waals surface area (Å²) in [5.74, 6) is 0.192. The van der Waals surface area contributed by atoms with E-state index in [2.05, 4.69) is 4.99 Å². The zero-order valence-electron chi connectivity index (χ0n) is 13.5. The number of hydrogen-bond acceptors (Lipinski definition) is 4. The molecule has 0 saturated heterocycles. The third-order valence-corrected chi connectivity index (χ3v) is 5.60. The van der Waals surface area contributed by atoms with Crippen LogP contribution in [0, 0.1) is 5.92 Å². The third kappa shape index (κ3) is 3.50. The maximum atomic E-state index is 13.8. The van der Waals surface area contributed by atoms with Crippen molar-refractivity contribution in [2.24, 2.45) is 10.9 Å².